The highest BCUT2D eigenvalue weighted by molar-refractivity contribution is 5.91. The number of para-hydroxylation sites is 2. The lowest BCUT2D eigenvalue weighted by Crippen LogP contribution is -2.50. The minimum atomic E-state index is -0.118. The van der Waals surface area contributed by atoms with Crippen molar-refractivity contribution in [3.05, 3.63) is 54.2 Å². The standard InChI is InChI=1S/C20H22N4O3/c1-15-21-16-5-2-3-6-17(16)24(15)9-8-19(25)22-10-12-23(13-11-22)20(26)18-7-4-14-27-18/h2-7,14H,8-13H2,1H3. The van der Waals surface area contributed by atoms with Crippen molar-refractivity contribution in [1.29, 1.82) is 0 Å². The minimum Gasteiger partial charge on any atom is -0.459 e. The van der Waals surface area contributed by atoms with Crippen LogP contribution < -0.4 is 0 Å². The van der Waals surface area contributed by atoms with E-state index in [1.807, 2.05) is 36.1 Å². The number of benzene rings is 1. The second-order valence-electron chi connectivity index (χ2n) is 6.70. The third-order valence-electron chi connectivity index (χ3n) is 5.05. The Balaban J connectivity index is 1.33. The number of aryl methyl sites for hydroxylation is 2. The highest BCUT2D eigenvalue weighted by Crippen LogP contribution is 2.16. The van der Waals surface area contributed by atoms with Gasteiger partial charge in [0.1, 0.15) is 5.82 Å². The number of furan rings is 1. The molecule has 3 aromatic rings. The van der Waals surface area contributed by atoms with Crippen LogP contribution >= 0.6 is 0 Å². The van der Waals surface area contributed by atoms with Crippen molar-refractivity contribution in [2.75, 3.05) is 26.2 Å². The van der Waals surface area contributed by atoms with Gasteiger partial charge in [0.2, 0.25) is 5.91 Å². The molecule has 0 N–H and O–H groups in total. The lowest BCUT2D eigenvalue weighted by atomic mass is 10.2. The quantitative estimate of drug-likeness (QED) is 0.710. The zero-order chi connectivity index (χ0) is 18.8. The van der Waals surface area contributed by atoms with Crippen LogP contribution in [0.5, 0.6) is 0 Å². The van der Waals surface area contributed by atoms with E-state index in [0.717, 1.165) is 16.9 Å². The molecule has 1 saturated heterocycles. The number of carbonyl (C=O) groups excluding carboxylic acids is 2. The smallest absolute Gasteiger partial charge is 0.289 e. The molecular formula is C20H22N4O3. The molecule has 1 aromatic carbocycles. The fraction of sp³-hybridized carbons (Fsp3) is 0.350. The molecular weight excluding hydrogens is 344 g/mol. The highest BCUT2D eigenvalue weighted by atomic mass is 16.3. The summed E-state index contributed by atoms with van der Waals surface area (Å²) in [5.41, 5.74) is 2.00. The molecule has 1 fully saturated rings. The maximum atomic E-state index is 12.6. The number of amides is 2. The van der Waals surface area contributed by atoms with Crippen LogP contribution in [0, 0.1) is 6.92 Å². The molecule has 1 aliphatic rings. The molecule has 1 aliphatic heterocycles. The fourth-order valence-electron chi connectivity index (χ4n) is 3.56. The Hall–Kier alpha value is -3.09. The summed E-state index contributed by atoms with van der Waals surface area (Å²) < 4.78 is 7.26. The van der Waals surface area contributed by atoms with E-state index in [2.05, 4.69) is 9.55 Å². The van der Waals surface area contributed by atoms with Gasteiger partial charge in [0.15, 0.2) is 5.76 Å². The Labute approximate surface area is 157 Å². The maximum absolute atomic E-state index is 12.6. The van der Waals surface area contributed by atoms with Crippen molar-refractivity contribution < 1.29 is 14.0 Å². The van der Waals surface area contributed by atoms with Crippen LogP contribution in [-0.4, -0.2) is 57.3 Å². The monoisotopic (exact) mass is 366 g/mol. The molecule has 27 heavy (non-hydrogen) atoms. The number of hydrogen-bond acceptors (Lipinski definition) is 4. The van der Waals surface area contributed by atoms with Crippen LogP contribution in [0.4, 0.5) is 0 Å². The lowest BCUT2D eigenvalue weighted by molar-refractivity contribution is -0.132. The summed E-state index contributed by atoms with van der Waals surface area (Å²) in [5.74, 6) is 1.25. The SMILES string of the molecule is Cc1nc2ccccc2n1CCC(=O)N1CCN(C(=O)c2ccco2)CC1. The van der Waals surface area contributed by atoms with Gasteiger partial charge in [0, 0.05) is 39.1 Å². The number of nitrogens with zero attached hydrogens (tertiary/aromatic N) is 4. The molecule has 0 unspecified atom stereocenters. The molecule has 2 amide bonds. The van der Waals surface area contributed by atoms with E-state index in [9.17, 15) is 9.59 Å². The van der Waals surface area contributed by atoms with Gasteiger partial charge < -0.3 is 18.8 Å². The Morgan fingerprint density at radius 2 is 1.78 bits per heavy atom. The zero-order valence-electron chi connectivity index (χ0n) is 15.3. The molecule has 0 spiro atoms. The Morgan fingerprint density at radius 1 is 1.04 bits per heavy atom. The highest BCUT2D eigenvalue weighted by Gasteiger charge is 2.26. The third kappa shape index (κ3) is 3.45. The van der Waals surface area contributed by atoms with Gasteiger partial charge in [0.05, 0.1) is 17.3 Å². The summed E-state index contributed by atoms with van der Waals surface area (Å²) in [6, 6.07) is 11.3. The van der Waals surface area contributed by atoms with Crippen molar-refractivity contribution in [2.24, 2.45) is 0 Å². The summed E-state index contributed by atoms with van der Waals surface area (Å²) in [4.78, 5) is 33.0. The summed E-state index contributed by atoms with van der Waals surface area (Å²) in [7, 11) is 0. The number of imidazole rings is 1. The largest absolute Gasteiger partial charge is 0.459 e. The van der Waals surface area contributed by atoms with E-state index in [1.165, 1.54) is 6.26 Å². The number of hydrogen-bond donors (Lipinski definition) is 0. The van der Waals surface area contributed by atoms with Gasteiger partial charge in [0.25, 0.3) is 5.91 Å². The second kappa shape index (κ2) is 7.26. The third-order valence-corrected chi connectivity index (χ3v) is 5.05. The van der Waals surface area contributed by atoms with Crippen molar-refractivity contribution in [3.8, 4) is 0 Å². The van der Waals surface area contributed by atoms with E-state index in [4.69, 9.17) is 4.42 Å². The van der Waals surface area contributed by atoms with E-state index >= 15 is 0 Å². The number of aromatic nitrogens is 2. The van der Waals surface area contributed by atoms with Crippen LogP contribution in [0.3, 0.4) is 0 Å². The van der Waals surface area contributed by atoms with E-state index in [1.54, 1.807) is 17.0 Å². The van der Waals surface area contributed by atoms with Crippen LogP contribution in [0.1, 0.15) is 22.8 Å². The van der Waals surface area contributed by atoms with Gasteiger partial charge in [-0.05, 0) is 31.2 Å². The number of piperazine rings is 1. The fourth-order valence-corrected chi connectivity index (χ4v) is 3.56. The number of rotatable bonds is 4. The molecule has 0 radical (unpaired) electrons. The average Bonchev–Trinajstić information content (AvgIpc) is 3.33. The zero-order valence-corrected chi connectivity index (χ0v) is 15.3. The maximum Gasteiger partial charge on any atom is 0.289 e. The summed E-state index contributed by atoms with van der Waals surface area (Å²) in [6.07, 6.45) is 1.92. The summed E-state index contributed by atoms with van der Waals surface area (Å²) in [6.45, 7) is 4.72. The normalized spacial score (nSPS) is 14.7. The van der Waals surface area contributed by atoms with Crippen LogP contribution in [0.25, 0.3) is 11.0 Å². The number of fused-ring (bicyclic) bond motifs is 1. The first kappa shape index (κ1) is 17.3. The molecule has 4 rings (SSSR count). The van der Waals surface area contributed by atoms with Crippen molar-refractivity contribution >= 4 is 22.8 Å². The molecule has 7 nitrogen and oxygen atoms in total. The second-order valence-corrected chi connectivity index (χ2v) is 6.70. The van der Waals surface area contributed by atoms with Gasteiger partial charge in [-0.1, -0.05) is 12.1 Å². The molecule has 0 saturated carbocycles. The van der Waals surface area contributed by atoms with E-state index in [0.29, 0.717) is 44.9 Å². The van der Waals surface area contributed by atoms with E-state index < -0.39 is 0 Å². The van der Waals surface area contributed by atoms with E-state index in [-0.39, 0.29) is 11.8 Å². The Kier molecular flexibility index (Phi) is 4.66. The number of carbonyl (C=O) groups is 2. The molecule has 140 valence electrons. The van der Waals surface area contributed by atoms with Gasteiger partial charge in [-0.2, -0.15) is 0 Å². The Bertz CT molecular complexity index is 953. The van der Waals surface area contributed by atoms with Crippen molar-refractivity contribution in [1.82, 2.24) is 19.4 Å². The summed E-state index contributed by atoms with van der Waals surface area (Å²) >= 11 is 0. The van der Waals surface area contributed by atoms with Gasteiger partial charge in [-0.3, -0.25) is 9.59 Å². The molecule has 0 aliphatic carbocycles. The van der Waals surface area contributed by atoms with Crippen molar-refractivity contribution in [2.45, 2.75) is 19.9 Å². The van der Waals surface area contributed by atoms with Crippen LogP contribution in [0.15, 0.2) is 47.1 Å². The molecule has 0 atom stereocenters. The summed E-state index contributed by atoms with van der Waals surface area (Å²) in [5, 5.41) is 0. The molecule has 2 aromatic heterocycles. The predicted octanol–water partition coefficient (Wildman–Crippen LogP) is 2.31. The van der Waals surface area contributed by atoms with Gasteiger partial charge in [-0.25, -0.2) is 4.98 Å². The molecule has 7 heteroatoms. The first-order valence-electron chi connectivity index (χ1n) is 9.16. The van der Waals surface area contributed by atoms with Gasteiger partial charge in [-0.15, -0.1) is 0 Å². The average molecular weight is 366 g/mol. The first-order valence-corrected chi connectivity index (χ1v) is 9.16. The van der Waals surface area contributed by atoms with Crippen LogP contribution in [-0.2, 0) is 11.3 Å². The van der Waals surface area contributed by atoms with Crippen LogP contribution in [0.2, 0.25) is 0 Å². The first-order chi connectivity index (χ1) is 13.1. The predicted molar refractivity (Wildman–Crippen MR) is 100 cm³/mol. The Morgan fingerprint density at radius 3 is 2.52 bits per heavy atom. The molecule has 3 heterocycles. The minimum absolute atomic E-state index is 0.109. The van der Waals surface area contributed by atoms with Gasteiger partial charge >= 0.3 is 0 Å². The topological polar surface area (TPSA) is 71.6 Å². The molecule has 0 bridgehead atoms. The lowest BCUT2D eigenvalue weighted by Gasteiger charge is -2.34. The van der Waals surface area contributed by atoms with Crippen molar-refractivity contribution in [3.63, 3.8) is 0 Å².